The Kier molecular flexibility index (Phi) is 4.10. The number of rotatable bonds is 5. The van der Waals surface area contributed by atoms with Crippen molar-refractivity contribution in [3.05, 3.63) is 71.2 Å². The van der Waals surface area contributed by atoms with Gasteiger partial charge in [-0.2, -0.15) is 0 Å². The predicted molar refractivity (Wildman–Crippen MR) is 114 cm³/mol. The van der Waals surface area contributed by atoms with E-state index in [0.29, 0.717) is 31.2 Å². The van der Waals surface area contributed by atoms with Crippen LogP contribution in [0.25, 0.3) is 5.65 Å². The van der Waals surface area contributed by atoms with E-state index in [-0.39, 0.29) is 5.91 Å². The number of carbonyl (C=O) groups excluding carboxylic acids is 1. The van der Waals surface area contributed by atoms with Gasteiger partial charge in [0.15, 0.2) is 5.69 Å². The lowest BCUT2D eigenvalue weighted by Crippen LogP contribution is -2.29. The molecule has 1 aliphatic heterocycles. The maximum Gasteiger partial charge on any atom is 0.280 e. The Hall–Kier alpha value is -3.59. The summed E-state index contributed by atoms with van der Waals surface area (Å²) in [5.41, 5.74) is 11.9. The predicted octanol–water partition coefficient (Wildman–Crippen LogP) is 1.91. The number of carbonyl (C=O) groups is 1. The van der Waals surface area contributed by atoms with Crippen LogP contribution in [0.4, 0.5) is 5.69 Å². The van der Waals surface area contributed by atoms with E-state index in [1.807, 2.05) is 12.3 Å². The van der Waals surface area contributed by atoms with Gasteiger partial charge in [0.2, 0.25) is 0 Å². The number of amides is 1. The SMILES string of the molecule is NCc1cc2c(cn1)N(C(=O)c1cn(Cc3cn4cc(C5CC5)ccc4n3)nn1)CC2. The number of hydrogen-bond acceptors (Lipinski definition) is 6. The molecule has 6 rings (SSSR count). The third-order valence-corrected chi connectivity index (χ3v) is 6.03. The minimum Gasteiger partial charge on any atom is -0.325 e. The van der Waals surface area contributed by atoms with Gasteiger partial charge in [-0.25, -0.2) is 9.67 Å². The summed E-state index contributed by atoms with van der Waals surface area (Å²) in [5.74, 6) is 0.531. The number of aromatic nitrogens is 6. The minimum absolute atomic E-state index is 0.170. The highest BCUT2D eigenvalue weighted by Crippen LogP contribution is 2.39. The van der Waals surface area contributed by atoms with E-state index < -0.39 is 0 Å². The molecule has 4 aromatic rings. The quantitative estimate of drug-likeness (QED) is 0.535. The lowest BCUT2D eigenvalue weighted by Gasteiger charge is -2.15. The normalized spacial score (nSPS) is 15.6. The molecule has 0 saturated heterocycles. The minimum atomic E-state index is -0.170. The van der Waals surface area contributed by atoms with Crippen molar-refractivity contribution in [2.24, 2.45) is 5.73 Å². The highest BCUT2D eigenvalue weighted by molar-refractivity contribution is 6.05. The van der Waals surface area contributed by atoms with Gasteiger partial charge >= 0.3 is 0 Å². The average molecular weight is 414 g/mol. The summed E-state index contributed by atoms with van der Waals surface area (Å²) in [6.07, 6.45) is 10.9. The van der Waals surface area contributed by atoms with E-state index in [1.165, 1.54) is 18.4 Å². The molecule has 0 atom stereocenters. The zero-order chi connectivity index (χ0) is 20.9. The van der Waals surface area contributed by atoms with Gasteiger partial charge in [-0.1, -0.05) is 11.3 Å². The second-order valence-corrected chi connectivity index (χ2v) is 8.25. The monoisotopic (exact) mass is 414 g/mol. The number of anilines is 1. The molecule has 1 saturated carbocycles. The molecule has 5 heterocycles. The summed E-state index contributed by atoms with van der Waals surface area (Å²) in [6, 6.07) is 6.19. The molecule has 0 radical (unpaired) electrons. The Morgan fingerprint density at radius 1 is 1.16 bits per heavy atom. The topological polar surface area (TPSA) is 107 Å². The number of nitrogens with two attached hydrogens (primary N) is 1. The van der Waals surface area contributed by atoms with E-state index in [4.69, 9.17) is 5.73 Å². The third-order valence-electron chi connectivity index (χ3n) is 6.03. The molecule has 0 unspecified atom stereocenters. The van der Waals surface area contributed by atoms with Crippen LogP contribution in [0.1, 0.15) is 51.8 Å². The van der Waals surface area contributed by atoms with Crippen LogP contribution in [-0.2, 0) is 19.5 Å². The van der Waals surface area contributed by atoms with Gasteiger partial charge in [0.25, 0.3) is 5.91 Å². The van der Waals surface area contributed by atoms with Crippen molar-refractivity contribution in [1.82, 2.24) is 29.4 Å². The molecule has 2 aliphatic rings. The summed E-state index contributed by atoms with van der Waals surface area (Å²) in [4.78, 5) is 23.7. The Morgan fingerprint density at radius 2 is 2.06 bits per heavy atom. The van der Waals surface area contributed by atoms with Crippen LogP contribution in [0.3, 0.4) is 0 Å². The lowest BCUT2D eigenvalue weighted by molar-refractivity contribution is 0.0984. The Morgan fingerprint density at radius 3 is 2.90 bits per heavy atom. The van der Waals surface area contributed by atoms with Crippen LogP contribution >= 0.6 is 0 Å². The van der Waals surface area contributed by atoms with Crippen LogP contribution in [0, 0.1) is 0 Å². The molecule has 0 aromatic carbocycles. The summed E-state index contributed by atoms with van der Waals surface area (Å²) >= 11 is 0. The van der Waals surface area contributed by atoms with E-state index in [2.05, 4.69) is 43.0 Å². The highest BCUT2D eigenvalue weighted by Gasteiger charge is 2.28. The van der Waals surface area contributed by atoms with Gasteiger partial charge in [0.1, 0.15) is 5.65 Å². The zero-order valence-corrected chi connectivity index (χ0v) is 17.0. The molecule has 0 spiro atoms. The smallest absolute Gasteiger partial charge is 0.280 e. The summed E-state index contributed by atoms with van der Waals surface area (Å²) in [7, 11) is 0. The molecule has 9 nitrogen and oxygen atoms in total. The Balaban J connectivity index is 1.20. The van der Waals surface area contributed by atoms with Crippen molar-refractivity contribution in [2.75, 3.05) is 11.4 Å². The van der Waals surface area contributed by atoms with Crippen LogP contribution in [0.2, 0.25) is 0 Å². The van der Waals surface area contributed by atoms with Crippen LogP contribution in [0.5, 0.6) is 0 Å². The van der Waals surface area contributed by atoms with Crippen molar-refractivity contribution in [1.29, 1.82) is 0 Å². The van der Waals surface area contributed by atoms with Crippen molar-refractivity contribution in [3.8, 4) is 0 Å². The first-order chi connectivity index (χ1) is 15.2. The van der Waals surface area contributed by atoms with E-state index in [1.54, 1.807) is 22.0 Å². The zero-order valence-electron chi connectivity index (χ0n) is 17.0. The second kappa shape index (κ2) is 6.98. The van der Waals surface area contributed by atoms with Gasteiger partial charge in [-0.3, -0.25) is 9.78 Å². The molecular formula is C22H22N8O. The van der Waals surface area contributed by atoms with Gasteiger partial charge < -0.3 is 15.0 Å². The Bertz CT molecular complexity index is 1300. The number of fused-ring (bicyclic) bond motifs is 2. The molecular weight excluding hydrogens is 392 g/mol. The number of pyridine rings is 2. The Labute approximate surface area is 178 Å². The van der Waals surface area contributed by atoms with Crippen LogP contribution < -0.4 is 10.6 Å². The summed E-state index contributed by atoms with van der Waals surface area (Å²) in [6.45, 7) is 1.45. The number of hydrogen-bond donors (Lipinski definition) is 1. The highest BCUT2D eigenvalue weighted by atomic mass is 16.2. The molecule has 2 N–H and O–H groups in total. The van der Waals surface area contributed by atoms with Crippen molar-refractivity contribution in [3.63, 3.8) is 0 Å². The van der Waals surface area contributed by atoms with Crippen LogP contribution in [0.15, 0.2) is 43.0 Å². The molecule has 156 valence electrons. The fourth-order valence-corrected chi connectivity index (χ4v) is 4.23. The molecule has 9 heteroatoms. The van der Waals surface area contributed by atoms with E-state index in [0.717, 1.165) is 34.7 Å². The second-order valence-electron chi connectivity index (χ2n) is 8.25. The van der Waals surface area contributed by atoms with Gasteiger partial charge in [0.05, 0.1) is 36.0 Å². The summed E-state index contributed by atoms with van der Waals surface area (Å²) in [5, 5.41) is 8.26. The van der Waals surface area contributed by atoms with Crippen molar-refractivity contribution in [2.45, 2.75) is 38.3 Å². The fourth-order valence-electron chi connectivity index (χ4n) is 4.23. The molecule has 1 aliphatic carbocycles. The molecule has 31 heavy (non-hydrogen) atoms. The largest absolute Gasteiger partial charge is 0.325 e. The van der Waals surface area contributed by atoms with Crippen molar-refractivity contribution < 1.29 is 4.79 Å². The van der Waals surface area contributed by atoms with E-state index in [9.17, 15) is 4.79 Å². The van der Waals surface area contributed by atoms with Gasteiger partial charge in [-0.15, -0.1) is 5.10 Å². The summed E-state index contributed by atoms with van der Waals surface area (Å²) < 4.78 is 3.72. The van der Waals surface area contributed by atoms with Crippen LogP contribution in [-0.4, -0.2) is 41.8 Å². The molecule has 1 fully saturated rings. The first-order valence-electron chi connectivity index (χ1n) is 10.6. The standard InChI is InChI=1S/C22H22N8O/c23-8-17-7-15-5-6-30(20(15)9-24-17)22(31)19-13-29(27-26-19)12-18-11-28-10-16(14-1-2-14)3-4-21(28)25-18/h3-4,7,9-11,13-14H,1-2,5-6,8,12,23H2. The van der Waals surface area contributed by atoms with Crippen molar-refractivity contribution >= 4 is 17.2 Å². The number of nitrogens with zero attached hydrogens (tertiary/aromatic N) is 7. The first-order valence-corrected chi connectivity index (χ1v) is 10.6. The first kappa shape index (κ1) is 18.2. The molecule has 0 bridgehead atoms. The third kappa shape index (κ3) is 3.27. The fraction of sp³-hybridized carbons (Fsp3) is 0.318. The average Bonchev–Trinajstić information content (AvgIpc) is 3.20. The molecule has 4 aromatic heterocycles. The number of imidazole rings is 1. The van der Waals surface area contributed by atoms with E-state index >= 15 is 0 Å². The van der Waals surface area contributed by atoms with Gasteiger partial charge in [0, 0.05) is 25.5 Å². The van der Waals surface area contributed by atoms with Gasteiger partial charge in [-0.05, 0) is 48.4 Å². The lowest BCUT2D eigenvalue weighted by atomic mass is 10.2. The maximum atomic E-state index is 13.0. The molecule has 1 amide bonds. The maximum absolute atomic E-state index is 13.0.